The van der Waals surface area contributed by atoms with Crippen LogP contribution < -0.4 is 10.5 Å². The smallest absolute Gasteiger partial charge is 0.119 e. The molecule has 20 heavy (non-hydrogen) atoms. The minimum atomic E-state index is 0. The molecule has 0 unspecified atom stereocenters. The second-order valence-electron chi connectivity index (χ2n) is 4.97. The summed E-state index contributed by atoms with van der Waals surface area (Å²) in [5.74, 6) is 0.990. The number of hydrogen-bond donors (Lipinski definition) is 1. The highest BCUT2D eigenvalue weighted by Crippen LogP contribution is 2.17. The first-order valence-electron chi connectivity index (χ1n) is 7.02. The molecule has 0 amide bonds. The van der Waals surface area contributed by atoms with E-state index in [1.165, 1.54) is 31.5 Å². The number of hydrogen-bond acceptors (Lipinski definition) is 3. The zero-order valence-electron chi connectivity index (χ0n) is 11.9. The van der Waals surface area contributed by atoms with E-state index in [0.717, 1.165) is 38.3 Å². The SMILES string of the molecule is Cl.Cl.NCCCCOc1cccc(CN2CCCC2)c1. The maximum atomic E-state index is 5.74. The van der Waals surface area contributed by atoms with Crippen molar-refractivity contribution in [1.29, 1.82) is 0 Å². The molecule has 1 aliphatic rings. The summed E-state index contributed by atoms with van der Waals surface area (Å²) >= 11 is 0. The van der Waals surface area contributed by atoms with Crippen LogP contribution in [0.1, 0.15) is 31.2 Å². The molecule has 0 saturated carbocycles. The summed E-state index contributed by atoms with van der Waals surface area (Å²) in [5, 5.41) is 0. The van der Waals surface area contributed by atoms with Crippen LogP contribution in [0.3, 0.4) is 0 Å². The van der Waals surface area contributed by atoms with Crippen LogP contribution in [0, 0.1) is 0 Å². The third kappa shape index (κ3) is 6.80. The van der Waals surface area contributed by atoms with Crippen LogP contribution in [0.15, 0.2) is 24.3 Å². The summed E-state index contributed by atoms with van der Waals surface area (Å²) in [6, 6.07) is 8.48. The number of ether oxygens (including phenoxy) is 1. The van der Waals surface area contributed by atoms with Gasteiger partial charge in [-0.25, -0.2) is 0 Å². The molecule has 0 atom stereocenters. The molecule has 1 fully saturated rings. The van der Waals surface area contributed by atoms with Crippen molar-refractivity contribution in [3.05, 3.63) is 29.8 Å². The molecule has 0 radical (unpaired) electrons. The molecular formula is C15H26Cl2N2O. The zero-order chi connectivity index (χ0) is 12.6. The van der Waals surface area contributed by atoms with Crippen LogP contribution in [-0.2, 0) is 6.54 Å². The van der Waals surface area contributed by atoms with Crippen molar-refractivity contribution in [1.82, 2.24) is 4.90 Å². The Hall–Kier alpha value is -0.480. The van der Waals surface area contributed by atoms with E-state index >= 15 is 0 Å². The normalized spacial score (nSPS) is 14.4. The van der Waals surface area contributed by atoms with Crippen molar-refractivity contribution < 1.29 is 4.74 Å². The highest BCUT2D eigenvalue weighted by molar-refractivity contribution is 5.85. The Kier molecular flexibility index (Phi) is 10.9. The molecule has 1 saturated heterocycles. The molecule has 116 valence electrons. The lowest BCUT2D eigenvalue weighted by molar-refractivity contribution is 0.304. The lowest BCUT2D eigenvalue weighted by atomic mass is 10.2. The fourth-order valence-electron chi connectivity index (χ4n) is 2.37. The number of likely N-dealkylation sites (tertiary alicyclic amines) is 1. The van der Waals surface area contributed by atoms with Gasteiger partial charge >= 0.3 is 0 Å². The van der Waals surface area contributed by atoms with E-state index in [0.29, 0.717) is 0 Å². The van der Waals surface area contributed by atoms with E-state index < -0.39 is 0 Å². The summed E-state index contributed by atoms with van der Waals surface area (Å²) < 4.78 is 5.74. The third-order valence-corrected chi connectivity index (χ3v) is 3.37. The average molecular weight is 321 g/mol. The molecule has 2 rings (SSSR count). The second kappa shape index (κ2) is 11.2. The van der Waals surface area contributed by atoms with Crippen LogP contribution in [0.4, 0.5) is 0 Å². The van der Waals surface area contributed by atoms with Crippen molar-refractivity contribution in [2.45, 2.75) is 32.2 Å². The Morgan fingerprint density at radius 1 is 1.10 bits per heavy atom. The van der Waals surface area contributed by atoms with Gasteiger partial charge in [0, 0.05) is 6.54 Å². The Morgan fingerprint density at radius 2 is 1.85 bits per heavy atom. The summed E-state index contributed by atoms with van der Waals surface area (Å²) in [6.45, 7) is 5.05. The van der Waals surface area contributed by atoms with Gasteiger partial charge in [-0.3, -0.25) is 4.90 Å². The van der Waals surface area contributed by atoms with Gasteiger partial charge in [-0.1, -0.05) is 12.1 Å². The van der Waals surface area contributed by atoms with Crippen LogP contribution >= 0.6 is 24.8 Å². The topological polar surface area (TPSA) is 38.5 Å². The predicted octanol–water partition coefficient (Wildman–Crippen LogP) is 3.24. The fraction of sp³-hybridized carbons (Fsp3) is 0.600. The van der Waals surface area contributed by atoms with Gasteiger partial charge in [0.25, 0.3) is 0 Å². The molecule has 0 aromatic heterocycles. The van der Waals surface area contributed by atoms with E-state index in [9.17, 15) is 0 Å². The predicted molar refractivity (Wildman–Crippen MR) is 89.2 cm³/mol. The van der Waals surface area contributed by atoms with Crippen molar-refractivity contribution in [3.63, 3.8) is 0 Å². The lowest BCUT2D eigenvalue weighted by Crippen LogP contribution is -2.18. The van der Waals surface area contributed by atoms with Crippen molar-refractivity contribution in [2.24, 2.45) is 5.73 Å². The van der Waals surface area contributed by atoms with Gasteiger partial charge in [-0.05, 0) is 63.0 Å². The van der Waals surface area contributed by atoms with Gasteiger partial charge < -0.3 is 10.5 Å². The number of halogens is 2. The Morgan fingerprint density at radius 3 is 2.55 bits per heavy atom. The Balaban J connectivity index is 0.00000180. The summed E-state index contributed by atoms with van der Waals surface area (Å²) in [4.78, 5) is 2.51. The highest BCUT2D eigenvalue weighted by Gasteiger charge is 2.11. The molecule has 1 heterocycles. The standard InChI is InChI=1S/C15H24N2O.2ClH/c16-8-1-4-11-18-15-7-5-6-14(12-15)13-17-9-2-3-10-17;;/h5-7,12H,1-4,8-11,13,16H2;2*1H. The van der Waals surface area contributed by atoms with E-state index in [4.69, 9.17) is 10.5 Å². The molecule has 0 aliphatic carbocycles. The summed E-state index contributed by atoms with van der Waals surface area (Å²) in [6.07, 6.45) is 4.75. The maximum Gasteiger partial charge on any atom is 0.119 e. The number of nitrogens with two attached hydrogens (primary N) is 1. The quantitative estimate of drug-likeness (QED) is 0.784. The minimum Gasteiger partial charge on any atom is -0.494 e. The van der Waals surface area contributed by atoms with E-state index in [2.05, 4.69) is 23.1 Å². The van der Waals surface area contributed by atoms with Gasteiger partial charge in [0.15, 0.2) is 0 Å². The van der Waals surface area contributed by atoms with Gasteiger partial charge in [-0.2, -0.15) is 0 Å². The van der Waals surface area contributed by atoms with Gasteiger partial charge in [0.1, 0.15) is 5.75 Å². The molecule has 1 aromatic rings. The van der Waals surface area contributed by atoms with Crippen LogP contribution in [0.5, 0.6) is 5.75 Å². The van der Waals surface area contributed by atoms with Crippen molar-refractivity contribution in [2.75, 3.05) is 26.2 Å². The molecular weight excluding hydrogens is 295 g/mol. The maximum absolute atomic E-state index is 5.74. The van der Waals surface area contributed by atoms with Gasteiger partial charge in [0.2, 0.25) is 0 Å². The average Bonchev–Trinajstić information content (AvgIpc) is 2.88. The number of nitrogens with zero attached hydrogens (tertiary/aromatic N) is 1. The first-order chi connectivity index (χ1) is 8.88. The van der Waals surface area contributed by atoms with E-state index in [-0.39, 0.29) is 24.8 Å². The molecule has 3 nitrogen and oxygen atoms in total. The summed E-state index contributed by atoms with van der Waals surface area (Å²) in [7, 11) is 0. The third-order valence-electron chi connectivity index (χ3n) is 3.37. The minimum absolute atomic E-state index is 0. The van der Waals surface area contributed by atoms with Crippen molar-refractivity contribution >= 4 is 24.8 Å². The number of rotatable bonds is 7. The first kappa shape index (κ1) is 19.5. The van der Waals surface area contributed by atoms with E-state index in [1.807, 2.05) is 6.07 Å². The van der Waals surface area contributed by atoms with Crippen LogP contribution in [-0.4, -0.2) is 31.1 Å². The molecule has 0 bridgehead atoms. The molecule has 0 spiro atoms. The van der Waals surface area contributed by atoms with Gasteiger partial charge in [-0.15, -0.1) is 24.8 Å². The number of benzene rings is 1. The Labute approximate surface area is 134 Å². The molecule has 5 heteroatoms. The molecule has 1 aromatic carbocycles. The number of unbranched alkanes of at least 4 members (excludes halogenated alkanes) is 1. The Bertz CT molecular complexity index is 357. The highest BCUT2D eigenvalue weighted by atomic mass is 35.5. The monoisotopic (exact) mass is 320 g/mol. The van der Waals surface area contributed by atoms with Gasteiger partial charge in [0.05, 0.1) is 6.61 Å². The van der Waals surface area contributed by atoms with E-state index in [1.54, 1.807) is 0 Å². The largest absolute Gasteiger partial charge is 0.494 e. The molecule has 2 N–H and O–H groups in total. The second-order valence-corrected chi connectivity index (χ2v) is 4.97. The van der Waals surface area contributed by atoms with Crippen LogP contribution in [0.2, 0.25) is 0 Å². The zero-order valence-corrected chi connectivity index (χ0v) is 13.6. The van der Waals surface area contributed by atoms with Crippen molar-refractivity contribution in [3.8, 4) is 5.75 Å². The van der Waals surface area contributed by atoms with Crippen LogP contribution in [0.25, 0.3) is 0 Å². The fourth-order valence-corrected chi connectivity index (χ4v) is 2.37. The lowest BCUT2D eigenvalue weighted by Gasteiger charge is -2.15. The first-order valence-corrected chi connectivity index (χ1v) is 7.02. The summed E-state index contributed by atoms with van der Waals surface area (Å²) in [5.41, 5.74) is 6.82. The molecule has 1 aliphatic heterocycles.